The van der Waals surface area contributed by atoms with Crippen LogP contribution < -0.4 is 0 Å². The van der Waals surface area contributed by atoms with Crippen LogP contribution >= 0.6 is 13.5 Å². The third kappa shape index (κ3) is 3.86. The average Bonchev–Trinajstić information content (AvgIpc) is 2.55. The van der Waals surface area contributed by atoms with Gasteiger partial charge in [0, 0.05) is 0 Å². The predicted molar refractivity (Wildman–Crippen MR) is 106 cm³/mol. The van der Waals surface area contributed by atoms with E-state index in [1.165, 1.54) is 27.8 Å². The van der Waals surface area contributed by atoms with Crippen LogP contribution in [0.5, 0.6) is 0 Å². The highest BCUT2D eigenvalue weighted by Crippen LogP contribution is 2.34. The Morgan fingerprint density at radius 1 is 0.565 bits per heavy atom. The standard InChI is InChI=1S/C22H22.H2S/c1-22(2,3)19-13-9-12-18(16-19)21-15-8-7-14-20(21)17-10-5-4-6-11-17;/h4-16H,1-3H3;1H2. The molecule has 3 aromatic rings. The molecule has 23 heavy (non-hydrogen) atoms. The minimum atomic E-state index is 0. The molecule has 0 heterocycles. The minimum Gasteiger partial charge on any atom is -0.197 e. The predicted octanol–water partition coefficient (Wildman–Crippen LogP) is 6.43. The molecule has 0 spiro atoms. The highest BCUT2D eigenvalue weighted by Gasteiger charge is 2.15. The van der Waals surface area contributed by atoms with E-state index in [0.717, 1.165) is 0 Å². The van der Waals surface area contributed by atoms with Crippen LogP contribution in [0, 0.1) is 0 Å². The zero-order valence-electron chi connectivity index (χ0n) is 14.0. The van der Waals surface area contributed by atoms with Crippen LogP contribution in [0.15, 0.2) is 78.9 Å². The molecule has 0 bridgehead atoms. The maximum Gasteiger partial charge on any atom is -0.0105 e. The highest BCUT2D eigenvalue weighted by molar-refractivity contribution is 7.59. The van der Waals surface area contributed by atoms with Gasteiger partial charge in [-0.3, -0.25) is 0 Å². The summed E-state index contributed by atoms with van der Waals surface area (Å²) in [5.41, 5.74) is 6.66. The van der Waals surface area contributed by atoms with Gasteiger partial charge in [0.15, 0.2) is 0 Å². The Balaban J connectivity index is 0.00000192. The van der Waals surface area contributed by atoms with Crippen LogP contribution in [0.2, 0.25) is 0 Å². The third-order valence-electron chi connectivity index (χ3n) is 4.05. The number of hydrogen-bond acceptors (Lipinski definition) is 0. The zero-order valence-corrected chi connectivity index (χ0v) is 15.0. The Morgan fingerprint density at radius 3 is 1.70 bits per heavy atom. The van der Waals surface area contributed by atoms with E-state index >= 15 is 0 Å². The summed E-state index contributed by atoms with van der Waals surface area (Å²) in [4.78, 5) is 0. The molecule has 0 atom stereocenters. The molecule has 0 amide bonds. The summed E-state index contributed by atoms with van der Waals surface area (Å²) in [6, 6.07) is 28.1. The van der Waals surface area contributed by atoms with Gasteiger partial charge in [-0.25, -0.2) is 0 Å². The summed E-state index contributed by atoms with van der Waals surface area (Å²) in [5, 5.41) is 0. The van der Waals surface area contributed by atoms with Crippen molar-refractivity contribution >= 4 is 13.5 Å². The number of rotatable bonds is 2. The van der Waals surface area contributed by atoms with E-state index in [4.69, 9.17) is 0 Å². The van der Waals surface area contributed by atoms with Gasteiger partial charge in [-0.1, -0.05) is 99.6 Å². The quantitative estimate of drug-likeness (QED) is 0.510. The van der Waals surface area contributed by atoms with Gasteiger partial charge in [0.1, 0.15) is 0 Å². The van der Waals surface area contributed by atoms with Crippen molar-refractivity contribution in [1.29, 1.82) is 0 Å². The van der Waals surface area contributed by atoms with Gasteiger partial charge in [-0.2, -0.15) is 13.5 Å². The van der Waals surface area contributed by atoms with Crippen LogP contribution in [-0.2, 0) is 5.41 Å². The molecule has 0 unspecified atom stereocenters. The summed E-state index contributed by atoms with van der Waals surface area (Å²) in [6.45, 7) is 6.78. The van der Waals surface area contributed by atoms with Crippen molar-refractivity contribution in [3.8, 4) is 22.3 Å². The van der Waals surface area contributed by atoms with E-state index in [9.17, 15) is 0 Å². The van der Waals surface area contributed by atoms with Gasteiger partial charge >= 0.3 is 0 Å². The first-order valence-corrected chi connectivity index (χ1v) is 7.81. The monoisotopic (exact) mass is 320 g/mol. The highest BCUT2D eigenvalue weighted by atomic mass is 32.1. The van der Waals surface area contributed by atoms with E-state index < -0.39 is 0 Å². The van der Waals surface area contributed by atoms with Crippen LogP contribution in [0.25, 0.3) is 22.3 Å². The molecule has 0 aromatic heterocycles. The molecular formula is C22H24S. The van der Waals surface area contributed by atoms with Crippen LogP contribution in [-0.4, -0.2) is 0 Å². The Labute approximate surface area is 146 Å². The Hall–Kier alpha value is -1.99. The fourth-order valence-electron chi connectivity index (χ4n) is 2.76. The second-order valence-corrected chi connectivity index (χ2v) is 6.74. The van der Waals surface area contributed by atoms with Crippen molar-refractivity contribution < 1.29 is 0 Å². The zero-order chi connectivity index (χ0) is 15.6. The summed E-state index contributed by atoms with van der Waals surface area (Å²) < 4.78 is 0. The molecule has 0 fully saturated rings. The van der Waals surface area contributed by atoms with E-state index in [1.807, 2.05) is 0 Å². The van der Waals surface area contributed by atoms with Crippen molar-refractivity contribution in [2.45, 2.75) is 26.2 Å². The Morgan fingerprint density at radius 2 is 1.09 bits per heavy atom. The van der Waals surface area contributed by atoms with Gasteiger partial charge in [0.2, 0.25) is 0 Å². The van der Waals surface area contributed by atoms with Crippen LogP contribution in [0.3, 0.4) is 0 Å². The summed E-state index contributed by atoms with van der Waals surface area (Å²) >= 11 is 0. The smallest absolute Gasteiger partial charge is 0.0105 e. The molecule has 0 saturated carbocycles. The van der Waals surface area contributed by atoms with Crippen molar-refractivity contribution in [3.05, 3.63) is 84.4 Å². The van der Waals surface area contributed by atoms with Crippen molar-refractivity contribution in [2.24, 2.45) is 0 Å². The lowest BCUT2D eigenvalue weighted by Gasteiger charge is -2.20. The van der Waals surface area contributed by atoms with Gasteiger partial charge in [0.05, 0.1) is 0 Å². The van der Waals surface area contributed by atoms with Crippen molar-refractivity contribution in [2.75, 3.05) is 0 Å². The fraction of sp³-hybridized carbons (Fsp3) is 0.182. The topological polar surface area (TPSA) is 0 Å². The summed E-state index contributed by atoms with van der Waals surface area (Å²) in [7, 11) is 0. The van der Waals surface area contributed by atoms with Gasteiger partial charge < -0.3 is 0 Å². The first-order chi connectivity index (χ1) is 10.6. The molecule has 118 valence electrons. The Kier molecular flexibility index (Phi) is 5.33. The molecule has 0 aliphatic carbocycles. The molecule has 0 N–H and O–H groups in total. The molecule has 3 rings (SSSR count). The number of benzene rings is 3. The normalized spacial score (nSPS) is 10.9. The lowest BCUT2D eigenvalue weighted by atomic mass is 9.84. The van der Waals surface area contributed by atoms with Gasteiger partial charge in [-0.05, 0) is 33.2 Å². The van der Waals surface area contributed by atoms with E-state index in [-0.39, 0.29) is 18.9 Å². The third-order valence-corrected chi connectivity index (χ3v) is 4.05. The van der Waals surface area contributed by atoms with Crippen LogP contribution in [0.4, 0.5) is 0 Å². The molecule has 1 heteroatoms. The molecule has 3 aromatic carbocycles. The maximum absolute atomic E-state index is 2.32. The van der Waals surface area contributed by atoms with E-state index in [0.29, 0.717) is 0 Å². The molecule has 0 radical (unpaired) electrons. The van der Waals surface area contributed by atoms with E-state index in [1.54, 1.807) is 0 Å². The van der Waals surface area contributed by atoms with Gasteiger partial charge in [0.25, 0.3) is 0 Å². The fourth-order valence-corrected chi connectivity index (χ4v) is 2.76. The Bertz CT molecular complexity index is 767. The summed E-state index contributed by atoms with van der Waals surface area (Å²) in [5.74, 6) is 0. The van der Waals surface area contributed by atoms with Crippen LogP contribution in [0.1, 0.15) is 26.3 Å². The van der Waals surface area contributed by atoms with E-state index in [2.05, 4.69) is 99.6 Å². The first-order valence-electron chi connectivity index (χ1n) is 7.81. The molecule has 0 aliphatic heterocycles. The second-order valence-electron chi connectivity index (χ2n) is 6.74. The molecule has 0 saturated heterocycles. The maximum atomic E-state index is 2.32. The minimum absolute atomic E-state index is 0. The average molecular weight is 321 g/mol. The largest absolute Gasteiger partial charge is 0.197 e. The molecule has 0 nitrogen and oxygen atoms in total. The summed E-state index contributed by atoms with van der Waals surface area (Å²) in [6.07, 6.45) is 0. The van der Waals surface area contributed by atoms with Crippen molar-refractivity contribution in [1.82, 2.24) is 0 Å². The first kappa shape index (κ1) is 17.4. The lowest BCUT2D eigenvalue weighted by Crippen LogP contribution is -2.10. The second kappa shape index (κ2) is 7.06. The van der Waals surface area contributed by atoms with Gasteiger partial charge in [-0.15, -0.1) is 0 Å². The molecule has 0 aliphatic rings. The number of hydrogen-bond donors (Lipinski definition) is 0. The molecular weight excluding hydrogens is 296 g/mol. The SMILES string of the molecule is CC(C)(C)c1cccc(-c2ccccc2-c2ccccc2)c1.S. The van der Waals surface area contributed by atoms with Crippen molar-refractivity contribution in [3.63, 3.8) is 0 Å². The lowest BCUT2D eigenvalue weighted by molar-refractivity contribution is 0.590.